The molecule has 1 heterocycles. The van der Waals surface area contributed by atoms with Gasteiger partial charge in [-0.25, -0.2) is 10.2 Å². The Kier molecular flexibility index (Phi) is 0.867. The summed E-state index contributed by atoms with van der Waals surface area (Å²) in [5.74, 6) is 0. The number of amides is 2. The maximum absolute atomic E-state index is 10.1. The first-order chi connectivity index (χ1) is 3.30. The van der Waals surface area contributed by atoms with Crippen molar-refractivity contribution in [2.45, 2.75) is 0 Å². The largest absolute Gasteiger partial charge is 0.350 e. The van der Waals surface area contributed by atoms with E-state index in [1.807, 2.05) is 0 Å². The zero-order valence-electron chi connectivity index (χ0n) is 3.85. The Morgan fingerprint density at radius 1 is 1.86 bits per heavy atom. The van der Waals surface area contributed by atoms with Crippen molar-refractivity contribution in [3.05, 3.63) is 0 Å². The molecule has 0 aromatic rings. The summed E-state index contributed by atoms with van der Waals surface area (Å²) in [5, 5.41) is 1.36. The Balaban J connectivity index is 2.27. The van der Waals surface area contributed by atoms with Gasteiger partial charge in [0.05, 0.1) is 6.54 Å². The molecule has 4 nitrogen and oxygen atoms in total. The first-order valence-electron chi connectivity index (χ1n) is 2.11. The molecule has 0 unspecified atom stereocenters. The van der Waals surface area contributed by atoms with Crippen LogP contribution in [0.5, 0.6) is 0 Å². The Labute approximate surface area is 41.2 Å². The second kappa shape index (κ2) is 1.38. The molecule has 0 aromatic heterocycles. The van der Waals surface area contributed by atoms with Crippen LogP contribution >= 0.6 is 0 Å². The maximum atomic E-state index is 10.1. The minimum absolute atomic E-state index is 0.397. The molecule has 7 heavy (non-hydrogen) atoms. The predicted octanol–water partition coefficient (Wildman–Crippen LogP) is -1.11. The van der Waals surface area contributed by atoms with Gasteiger partial charge >= 0.3 is 6.03 Å². The molecule has 0 aliphatic carbocycles. The third kappa shape index (κ3) is 0.640. The molecule has 1 fully saturated rings. The van der Waals surface area contributed by atoms with E-state index in [2.05, 4.69) is 5.43 Å². The highest BCUT2D eigenvalue weighted by molar-refractivity contribution is 5.72. The SMILES string of the molecule is NC(=O)N1CCN1. The van der Waals surface area contributed by atoms with Gasteiger partial charge in [-0.05, 0) is 0 Å². The number of rotatable bonds is 0. The van der Waals surface area contributed by atoms with Gasteiger partial charge in [-0.15, -0.1) is 0 Å². The van der Waals surface area contributed by atoms with Gasteiger partial charge < -0.3 is 5.73 Å². The number of primary amides is 1. The van der Waals surface area contributed by atoms with Crippen molar-refractivity contribution in [1.82, 2.24) is 10.4 Å². The summed E-state index contributed by atoms with van der Waals surface area (Å²) in [6, 6.07) is -0.397. The molecule has 2 amide bonds. The minimum Gasteiger partial charge on any atom is -0.350 e. The van der Waals surface area contributed by atoms with E-state index >= 15 is 0 Å². The summed E-state index contributed by atoms with van der Waals surface area (Å²) in [6.07, 6.45) is 0. The Hall–Kier alpha value is -0.770. The van der Waals surface area contributed by atoms with Crippen LogP contribution in [0.3, 0.4) is 0 Å². The van der Waals surface area contributed by atoms with E-state index < -0.39 is 6.03 Å². The van der Waals surface area contributed by atoms with Gasteiger partial charge in [-0.2, -0.15) is 0 Å². The summed E-state index contributed by atoms with van der Waals surface area (Å²) in [5.41, 5.74) is 7.53. The molecule has 0 radical (unpaired) electrons. The lowest BCUT2D eigenvalue weighted by Crippen LogP contribution is -2.58. The zero-order chi connectivity index (χ0) is 5.28. The van der Waals surface area contributed by atoms with E-state index in [0.717, 1.165) is 13.1 Å². The summed E-state index contributed by atoms with van der Waals surface area (Å²) < 4.78 is 0. The number of carbonyl (C=O) groups is 1. The number of carbonyl (C=O) groups excluding carboxylic acids is 1. The van der Waals surface area contributed by atoms with Crippen molar-refractivity contribution in [3.8, 4) is 0 Å². The van der Waals surface area contributed by atoms with E-state index in [4.69, 9.17) is 5.73 Å². The average Bonchev–Trinajstić information content (AvgIpc) is 1.23. The Morgan fingerprint density at radius 3 is 2.43 bits per heavy atom. The second-order valence-electron chi connectivity index (χ2n) is 1.40. The van der Waals surface area contributed by atoms with Crippen LogP contribution in [0.1, 0.15) is 0 Å². The highest BCUT2D eigenvalue weighted by Gasteiger charge is 2.15. The second-order valence-corrected chi connectivity index (χ2v) is 1.40. The van der Waals surface area contributed by atoms with Crippen molar-refractivity contribution in [1.29, 1.82) is 0 Å². The molecule has 3 N–H and O–H groups in total. The Morgan fingerprint density at radius 2 is 2.43 bits per heavy atom. The first kappa shape index (κ1) is 4.39. The number of urea groups is 1. The molecule has 0 bridgehead atoms. The molecule has 4 heteroatoms. The molecule has 40 valence electrons. The number of hydrogen-bond donors (Lipinski definition) is 2. The quantitative estimate of drug-likeness (QED) is 0.406. The minimum atomic E-state index is -0.397. The molecule has 0 saturated carbocycles. The van der Waals surface area contributed by atoms with Crippen LogP contribution < -0.4 is 11.2 Å². The van der Waals surface area contributed by atoms with Gasteiger partial charge in [-0.3, -0.25) is 5.01 Å². The maximum Gasteiger partial charge on any atom is 0.329 e. The van der Waals surface area contributed by atoms with Crippen LogP contribution in [-0.4, -0.2) is 24.1 Å². The van der Waals surface area contributed by atoms with E-state index in [1.165, 1.54) is 5.01 Å². The molecule has 1 rings (SSSR count). The van der Waals surface area contributed by atoms with Crippen molar-refractivity contribution < 1.29 is 4.79 Å². The van der Waals surface area contributed by atoms with E-state index in [0.29, 0.717) is 0 Å². The number of hydrazine groups is 1. The fourth-order valence-electron chi connectivity index (χ4n) is 0.412. The van der Waals surface area contributed by atoms with Crippen molar-refractivity contribution >= 4 is 6.03 Å². The van der Waals surface area contributed by atoms with Crippen LogP contribution in [0.15, 0.2) is 0 Å². The summed E-state index contributed by atoms with van der Waals surface area (Å²) in [7, 11) is 0. The summed E-state index contributed by atoms with van der Waals surface area (Å²) in [6.45, 7) is 1.61. The highest BCUT2D eigenvalue weighted by atomic mass is 16.2. The number of nitrogens with one attached hydrogen (secondary N) is 1. The lowest BCUT2D eigenvalue weighted by molar-refractivity contribution is 0.132. The van der Waals surface area contributed by atoms with Crippen molar-refractivity contribution in [3.63, 3.8) is 0 Å². The van der Waals surface area contributed by atoms with Gasteiger partial charge in [0, 0.05) is 6.54 Å². The van der Waals surface area contributed by atoms with Crippen LogP contribution in [0.4, 0.5) is 4.79 Å². The smallest absolute Gasteiger partial charge is 0.329 e. The van der Waals surface area contributed by atoms with Gasteiger partial charge in [-0.1, -0.05) is 0 Å². The summed E-state index contributed by atoms with van der Waals surface area (Å²) in [4.78, 5) is 10.1. The molecule has 0 aromatic carbocycles. The number of nitrogens with two attached hydrogens (primary N) is 1. The normalized spacial score (nSPS) is 18.6. The van der Waals surface area contributed by atoms with Crippen LogP contribution in [0.25, 0.3) is 0 Å². The Bertz CT molecular complexity index is 88.2. The van der Waals surface area contributed by atoms with Gasteiger partial charge in [0.2, 0.25) is 0 Å². The lowest BCUT2D eigenvalue weighted by atomic mass is 10.5. The van der Waals surface area contributed by atoms with Crippen LogP contribution in [-0.2, 0) is 0 Å². The van der Waals surface area contributed by atoms with Gasteiger partial charge in [0.25, 0.3) is 0 Å². The lowest BCUT2D eigenvalue weighted by Gasteiger charge is -2.29. The fraction of sp³-hybridized carbons (Fsp3) is 0.667. The van der Waals surface area contributed by atoms with E-state index in [-0.39, 0.29) is 0 Å². The third-order valence-electron chi connectivity index (χ3n) is 0.904. The standard InChI is InChI=1S/C3H7N3O/c4-3(7)6-2-1-5-6/h5H,1-2H2,(H2,4,7). The molecular weight excluding hydrogens is 94.1 g/mol. The fourth-order valence-corrected chi connectivity index (χ4v) is 0.412. The molecular formula is C3H7N3O. The van der Waals surface area contributed by atoms with Crippen LogP contribution in [0, 0.1) is 0 Å². The molecule has 1 aliphatic heterocycles. The predicted molar refractivity (Wildman–Crippen MR) is 24.3 cm³/mol. The zero-order valence-corrected chi connectivity index (χ0v) is 3.85. The van der Waals surface area contributed by atoms with E-state index in [9.17, 15) is 4.79 Å². The first-order valence-corrected chi connectivity index (χ1v) is 2.11. The molecule has 0 spiro atoms. The number of hydrogen-bond acceptors (Lipinski definition) is 2. The van der Waals surface area contributed by atoms with Crippen molar-refractivity contribution in [2.24, 2.45) is 5.73 Å². The number of nitrogens with zero attached hydrogens (tertiary/aromatic N) is 1. The average molecular weight is 101 g/mol. The van der Waals surface area contributed by atoms with Crippen molar-refractivity contribution in [2.75, 3.05) is 13.1 Å². The monoisotopic (exact) mass is 101 g/mol. The third-order valence-corrected chi connectivity index (χ3v) is 0.904. The van der Waals surface area contributed by atoms with Crippen LogP contribution in [0.2, 0.25) is 0 Å². The van der Waals surface area contributed by atoms with Gasteiger partial charge in [0.15, 0.2) is 0 Å². The summed E-state index contributed by atoms with van der Waals surface area (Å²) >= 11 is 0. The highest BCUT2D eigenvalue weighted by Crippen LogP contribution is 1.87. The van der Waals surface area contributed by atoms with E-state index in [1.54, 1.807) is 0 Å². The molecule has 0 atom stereocenters. The molecule has 1 saturated heterocycles. The van der Waals surface area contributed by atoms with Gasteiger partial charge in [0.1, 0.15) is 0 Å². The topological polar surface area (TPSA) is 58.4 Å². The molecule has 1 aliphatic rings.